The van der Waals surface area contributed by atoms with Gasteiger partial charge in [-0.2, -0.15) is 0 Å². The minimum atomic E-state index is 0.0652. The van der Waals surface area contributed by atoms with Crippen LogP contribution in [0.2, 0.25) is 0 Å². The van der Waals surface area contributed by atoms with E-state index in [0.29, 0.717) is 12.1 Å². The largest absolute Gasteiger partial charge is 0.352 e. The Balaban J connectivity index is 1.73. The number of hydrogen-bond donors (Lipinski definition) is 2. The fourth-order valence-electron chi connectivity index (χ4n) is 3.47. The van der Waals surface area contributed by atoms with Gasteiger partial charge in [0.05, 0.1) is 0 Å². The van der Waals surface area contributed by atoms with Crippen LogP contribution in [0.5, 0.6) is 0 Å². The van der Waals surface area contributed by atoms with Gasteiger partial charge >= 0.3 is 0 Å². The fraction of sp³-hybridized carbons (Fsp3) is 0.533. The molecule has 3 N–H and O–H groups in total. The summed E-state index contributed by atoms with van der Waals surface area (Å²) in [4.78, 5) is 13.6. The molecule has 1 saturated heterocycles. The molecule has 19 heavy (non-hydrogen) atoms. The Morgan fingerprint density at radius 1 is 1.37 bits per heavy atom. The Kier molecular flexibility index (Phi) is 3.29. The molecule has 0 aromatic heterocycles. The molecule has 1 aromatic carbocycles. The van der Waals surface area contributed by atoms with Crippen LogP contribution in [0.4, 0.5) is 0 Å². The third-order valence-corrected chi connectivity index (χ3v) is 4.30. The molecule has 1 aliphatic carbocycles. The Hall–Kier alpha value is -1.39. The molecule has 3 unspecified atom stereocenters. The van der Waals surface area contributed by atoms with Gasteiger partial charge in [0.1, 0.15) is 0 Å². The number of nitrogens with one attached hydrogen (secondary N) is 1. The molecule has 0 bridgehead atoms. The van der Waals surface area contributed by atoms with Crippen molar-refractivity contribution in [3.8, 4) is 0 Å². The molecule has 4 nitrogen and oxygen atoms in total. The van der Waals surface area contributed by atoms with Crippen LogP contribution in [-0.2, 0) is 4.79 Å². The van der Waals surface area contributed by atoms with Gasteiger partial charge in [0.25, 0.3) is 0 Å². The molecule has 102 valence electrons. The van der Waals surface area contributed by atoms with Crippen LogP contribution in [0.3, 0.4) is 0 Å². The van der Waals surface area contributed by atoms with Crippen LogP contribution in [0.1, 0.15) is 43.0 Å². The first kappa shape index (κ1) is 12.6. The molecule has 0 saturated carbocycles. The predicted octanol–water partition coefficient (Wildman–Crippen LogP) is 1.34. The van der Waals surface area contributed by atoms with Crippen molar-refractivity contribution in [1.82, 2.24) is 10.2 Å². The van der Waals surface area contributed by atoms with Crippen LogP contribution in [0.25, 0.3) is 0 Å². The summed E-state index contributed by atoms with van der Waals surface area (Å²) in [6.45, 7) is 3.56. The lowest BCUT2D eigenvalue weighted by Gasteiger charge is -2.25. The number of nitrogens with zero attached hydrogens (tertiary/aromatic N) is 1. The second-order valence-electron chi connectivity index (χ2n) is 5.67. The SMILES string of the molecule is CC(=O)NC1CCN(C2CC(N)c3ccccc32)C1. The zero-order valence-electron chi connectivity index (χ0n) is 11.3. The van der Waals surface area contributed by atoms with Gasteiger partial charge in [-0.1, -0.05) is 24.3 Å². The molecule has 1 amide bonds. The molecule has 1 aromatic rings. The molecule has 1 fully saturated rings. The van der Waals surface area contributed by atoms with E-state index < -0.39 is 0 Å². The number of rotatable bonds is 2. The lowest BCUT2D eigenvalue weighted by atomic mass is 10.1. The number of carbonyl (C=O) groups is 1. The van der Waals surface area contributed by atoms with Crippen molar-refractivity contribution in [2.45, 2.75) is 37.9 Å². The number of hydrogen-bond acceptors (Lipinski definition) is 3. The highest BCUT2D eigenvalue weighted by molar-refractivity contribution is 5.73. The van der Waals surface area contributed by atoms with Gasteiger partial charge < -0.3 is 11.1 Å². The molecule has 1 aliphatic heterocycles. The van der Waals surface area contributed by atoms with E-state index in [2.05, 4.69) is 34.5 Å². The topological polar surface area (TPSA) is 58.4 Å². The predicted molar refractivity (Wildman–Crippen MR) is 74.5 cm³/mol. The van der Waals surface area contributed by atoms with Crippen LogP contribution in [-0.4, -0.2) is 29.9 Å². The van der Waals surface area contributed by atoms with Gasteiger partial charge in [0.2, 0.25) is 5.91 Å². The molecule has 3 rings (SSSR count). The first-order chi connectivity index (χ1) is 9.15. The van der Waals surface area contributed by atoms with Crippen molar-refractivity contribution in [3.63, 3.8) is 0 Å². The molecule has 0 spiro atoms. The summed E-state index contributed by atoms with van der Waals surface area (Å²) >= 11 is 0. The van der Waals surface area contributed by atoms with Crippen molar-refractivity contribution in [2.75, 3.05) is 13.1 Å². The molecular weight excluding hydrogens is 238 g/mol. The van der Waals surface area contributed by atoms with Crippen molar-refractivity contribution >= 4 is 5.91 Å². The van der Waals surface area contributed by atoms with Gasteiger partial charge in [0, 0.05) is 38.1 Å². The zero-order valence-corrected chi connectivity index (χ0v) is 11.3. The summed E-state index contributed by atoms with van der Waals surface area (Å²) in [6, 6.07) is 9.35. The highest BCUT2D eigenvalue weighted by Gasteiger charge is 2.36. The summed E-state index contributed by atoms with van der Waals surface area (Å²) in [7, 11) is 0. The minimum absolute atomic E-state index is 0.0652. The van der Waals surface area contributed by atoms with Crippen LogP contribution < -0.4 is 11.1 Å². The smallest absolute Gasteiger partial charge is 0.217 e. The summed E-state index contributed by atoms with van der Waals surface area (Å²) in [5.74, 6) is 0.0652. The van der Waals surface area contributed by atoms with Crippen molar-refractivity contribution < 1.29 is 4.79 Å². The second-order valence-corrected chi connectivity index (χ2v) is 5.67. The molecule has 2 aliphatic rings. The fourth-order valence-corrected chi connectivity index (χ4v) is 3.47. The minimum Gasteiger partial charge on any atom is -0.352 e. The maximum atomic E-state index is 11.1. The molecular formula is C15H21N3O. The number of likely N-dealkylation sites (tertiary alicyclic amines) is 1. The van der Waals surface area contributed by atoms with E-state index >= 15 is 0 Å². The average Bonchev–Trinajstić information content (AvgIpc) is 2.95. The standard InChI is InChI=1S/C15H21N3O/c1-10(19)17-11-6-7-18(9-11)15-8-14(16)12-4-2-3-5-13(12)15/h2-5,11,14-15H,6-9,16H2,1H3,(H,17,19). The van der Waals surface area contributed by atoms with E-state index in [-0.39, 0.29) is 11.9 Å². The first-order valence-electron chi connectivity index (χ1n) is 7.00. The highest BCUT2D eigenvalue weighted by Crippen LogP contribution is 2.41. The second kappa shape index (κ2) is 4.94. The number of nitrogens with two attached hydrogens (primary N) is 1. The summed E-state index contributed by atoms with van der Waals surface area (Å²) in [5.41, 5.74) is 8.88. The van der Waals surface area contributed by atoms with Crippen LogP contribution in [0.15, 0.2) is 24.3 Å². The van der Waals surface area contributed by atoms with Crippen molar-refractivity contribution in [3.05, 3.63) is 35.4 Å². The normalized spacial score (nSPS) is 30.3. The van der Waals surface area contributed by atoms with Gasteiger partial charge in [0.15, 0.2) is 0 Å². The molecule has 1 heterocycles. The lowest BCUT2D eigenvalue weighted by molar-refractivity contribution is -0.119. The maximum absolute atomic E-state index is 11.1. The maximum Gasteiger partial charge on any atom is 0.217 e. The van der Waals surface area contributed by atoms with Crippen LogP contribution >= 0.6 is 0 Å². The Morgan fingerprint density at radius 2 is 2.11 bits per heavy atom. The Labute approximate surface area is 114 Å². The highest BCUT2D eigenvalue weighted by atomic mass is 16.1. The van der Waals surface area contributed by atoms with E-state index in [4.69, 9.17) is 5.73 Å². The van der Waals surface area contributed by atoms with E-state index in [1.165, 1.54) is 11.1 Å². The quantitative estimate of drug-likeness (QED) is 0.842. The Bertz CT molecular complexity index is 488. The van der Waals surface area contributed by atoms with Crippen molar-refractivity contribution in [2.24, 2.45) is 5.73 Å². The van der Waals surface area contributed by atoms with Gasteiger partial charge in [-0.25, -0.2) is 0 Å². The van der Waals surface area contributed by atoms with Crippen molar-refractivity contribution in [1.29, 1.82) is 0 Å². The summed E-state index contributed by atoms with van der Waals surface area (Å²) < 4.78 is 0. The number of benzene rings is 1. The average molecular weight is 259 g/mol. The summed E-state index contributed by atoms with van der Waals surface area (Å²) in [5, 5.41) is 3.02. The van der Waals surface area contributed by atoms with E-state index in [9.17, 15) is 4.79 Å². The molecule has 4 heteroatoms. The Morgan fingerprint density at radius 3 is 2.84 bits per heavy atom. The van der Waals surface area contributed by atoms with Crippen LogP contribution in [0, 0.1) is 0 Å². The van der Waals surface area contributed by atoms with E-state index in [1.54, 1.807) is 6.92 Å². The number of amides is 1. The number of carbonyl (C=O) groups excluding carboxylic acids is 1. The van der Waals surface area contributed by atoms with Gasteiger partial charge in [-0.3, -0.25) is 9.69 Å². The van der Waals surface area contributed by atoms with E-state index in [0.717, 1.165) is 25.9 Å². The zero-order chi connectivity index (χ0) is 13.4. The molecule has 0 radical (unpaired) electrons. The third-order valence-electron chi connectivity index (χ3n) is 4.30. The summed E-state index contributed by atoms with van der Waals surface area (Å²) in [6.07, 6.45) is 2.03. The monoisotopic (exact) mass is 259 g/mol. The third kappa shape index (κ3) is 2.38. The van der Waals surface area contributed by atoms with E-state index in [1.807, 2.05) is 0 Å². The lowest BCUT2D eigenvalue weighted by Crippen LogP contribution is -2.36. The first-order valence-corrected chi connectivity index (χ1v) is 7.00. The van der Waals surface area contributed by atoms with Gasteiger partial charge in [-0.05, 0) is 24.0 Å². The van der Waals surface area contributed by atoms with Gasteiger partial charge in [-0.15, -0.1) is 0 Å². The number of fused-ring (bicyclic) bond motifs is 1. The molecule has 3 atom stereocenters.